The standard InChI is InChI=1S/C14H16ClN3O/c1-2-19-13-6-4-3-5-11(13)14(18-16)12-8-7-10(15)9-17-12/h3-9,14,18H,2,16H2,1H3. The second-order valence-corrected chi connectivity index (χ2v) is 4.41. The molecule has 0 amide bonds. The zero-order valence-corrected chi connectivity index (χ0v) is 11.4. The van der Waals surface area contributed by atoms with Gasteiger partial charge in [-0.3, -0.25) is 10.8 Å². The zero-order chi connectivity index (χ0) is 13.7. The Morgan fingerprint density at radius 3 is 2.74 bits per heavy atom. The second-order valence-electron chi connectivity index (χ2n) is 3.97. The van der Waals surface area contributed by atoms with Crippen molar-refractivity contribution in [2.75, 3.05) is 6.61 Å². The Hall–Kier alpha value is -1.62. The fourth-order valence-electron chi connectivity index (χ4n) is 1.90. The van der Waals surface area contributed by atoms with E-state index >= 15 is 0 Å². The first-order valence-electron chi connectivity index (χ1n) is 6.05. The van der Waals surface area contributed by atoms with E-state index < -0.39 is 0 Å². The van der Waals surface area contributed by atoms with Gasteiger partial charge >= 0.3 is 0 Å². The predicted molar refractivity (Wildman–Crippen MR) is 76.0 cm³/mol. The molecular formula is C14H16ClN3O. The molecule has 0 spiro atoms. The number of rotatable bonds is 5. The topological polar surface area (TPSA) is 60.2 Å². The summed E-state index contributed by atoms with van der Waals surface area (Å²) < 4.78 is 5.62. The van der Waals surface area contributed by atoms with Crippen molar-refractivity contribution >= 4 is 11.6 Å². The molecule has 1 atom stereocenters. The Labute approximate surface area is 117 Å². The number of halogens is 1. The van der Waals surface area contributed by atoms with Crippen LogP contribution in [0.1, 0.15) is 24.2 Å². The molecule has 1 unspecified atom stereocenters. The molecule has 0 bridgehead atoms. The third-order valence-electron chi connectivity index (χ3n) is 2.74. The van der Waals surface area contributed by atoms with Crippen molar-refractivity contribution in [2.45, 2.75) is 13.0 Å². The van der Waals surface area contributed by atoms with Crippen LogP contribution in [0.3, 0.4) is 0 Å². The highest BCUT2D eigenvalue weighted by molar-refractivity contribution is 6.30. The number of nitrogens with one attached hydrogen (secondary N) is 1. The minimum Gasteiger partial charge on any atom is -0.494 e. The van der Waals surface area contributed by atoms with Gasteiger partial charge in [0.2, 0.25) is 0 Å². The van der Waals surface area contributed by atoms with Crippen molar-refractivity contribution in [3.63, 3.8) is 0 Å². The maximum absolute atomic E-state index is 5.85. The number of pyridine rings is 1. The first-order valence-corrected chi connectivity index (χ1v) is 6.43. The minimum atomic E-state index is -0.236. The van der Waals surface area contributed by atoms with Crippen molar-refractivity contribution in [3.05, 3.63) is 58.9 Å². The fourth-order valence-corrected chi connectivity index (χ4v) is 2.01. The molecule has 0 aliphatic heterocycles. The first-order chi connectivity index (χ1) is 9.26. The van der Waals surface area contributed by atoms with Gasteiger partial charge in [0.25, 0.3) is 0 Å². The lowest BCUT2D eigenvalue weighted by molar-refractivity contribution is 0.333. The number of hydrogen-bond acceptors (Lipinski definition) is 4. The van der Waals surface area contributed by atoms with Gasteiger partial charge in [0.05, 0.1) is 23.4 Å². The molecule has 4 nitrogen and oxygen atoms in total. The summed E-state index contributed by atoms with van der Waals surface area (Å²) in [6, 6.07) is 11.1. The number of aromatic nitrogens is 1. The van der Waals surface area contributed by atoms with E-state index in [-0.39, 0.29) is 6.04 Å². The molecule has 100 valence electrons. The number of para-hydroxylation sites is 1. The van der Waals surface area contributed by atoms with Crippen LogP contribution in [-0.2, 0) is 0 Å². The van der Waals surface area contributed by atoms with Crippen LogP contribution in [0, 0.1) is 0 Å². The lowest BCUT2D eigenvalue weighted by Crippen LogP contribution is -2.29. The molecule has 2 rings (SSSR count). The van der Waals surface area contributed by atoms with E-state index in [1.165, 1.54) is 0 Å². The summed E-state index contributed by atoms with van der Waals surface area (Å²) in [7, 11) is 0. The molecule has 0 saturated heterocycles. The molecule has 3 N–H and O–H groups in total. The van der Waals surface area contributed by atoms with Gasteiger partial charge in [0.1, 0.15) is 5.75 Å². The van der Waals surface area contributed by atoms with Crippen LogP contribution in [-0.4, -0.2) is 11.6 Å². The molecule has 19 heavy (non-hydrogen) atoms. The third-order valence-corrected chi connectivity index (χ3v) is 2.97. The van der Waals surface area contributed by atoms with Crippen LogP contribution in [0.4, 0.5) is 0 Å². The minimum absolute atomic E-state index is 0.236. The summed E-state index contributed by atoms with van der Waals surface area (Å²) >= 11 is 5.85. The average Bonchev–Trinajstić information content (AvgIpc) is 2.44. The van der Waals surface area contributed by atoms with Crippen LogP contribution >= 0.6 is 11.6 Å². The molecular weight excluding hydrogens is 262 g/mol. The van der Waals surface area contributed by atoms with Crippen LogP contribution < -0.4 is 16.0 Å². The maximum atomic E-state index is 5.85. The molecule has 1 aromatic heterocycles. The third kappa shape index (κ3) is 3.23. The van der Waals surface area contributed by atoms with Crippen molar-refractivity contribution < 1.29 is 4.74 Å². The van der Waals surface area contributed by atoms with Crippen LogP contribution in [0.5, 0.6) is 5.75 Å². The average molecular weight is 278 g/mol. The number of hydrazine groups is 1. The molecule has 5 heteroatoms. The number of hydrogen-bond donors (Lipinski definition) is 2. The van der Waals surface area contributed by atoms with E-state index in [0.717, 1.165) is 17.0 Å². The Morgan fingerprint density at radius 2 is 2.11 bits per heavy atom. The molecule has 0 aliphatic carbocycles. The molecule has 2 aromatic rings. The number of ether oxygens (including phenoxy) is 1. The summed E-state index contributed by atoms with van der Waals surface area (Å²) in [5.41, 5.74) is 4.50. The monoisotopic (exact) mass is 277 g/mol. The summed E-state index contributed by atoms with van der Waals surface area (Å²) in [5, 5.41) is 0.595. The van der Waals surface area contributed by atoms with Crippen LogP contribution in [0.2, 0.25) is 5.02 Å². The maximum Gasteiger partial charge on any atom is 0.124 e. The van der Waals surface area contributed by atoms with E-state index in [1.54, 1.807) is 12.3 Å². The van der Waals surface area contributed by atoms with Gasteiger partial charge in [-0.25, -0.2) is 5.43 Å². The number of nitrogens with zero attached hydrogens (tertiary/aromatic N) is 1. The highest BCUT2D eigenvalue weighted by atomic mass is 35.5. The van der Waals surface area contributed by atoms with E-state index in [0.29, 0.717) is 11.6 Å². The largest absolute Gasteiger partial charge is 0.494 e. The van der Waals surface area contributed by atoms with Gasteiger partial charge in [-0.1, -0.05) is 29.8 Å². The highest BCUT2D eigenvalue weighted by Crippen LogP contribution is 2.28. The lowest BCUT2D eigenvalue weighted by Gasteiger charge is -2.19. The molecule has 0 aliphatic rings. The Kier molecular flexibility index (Phi) is 4.74. The van der Waals surface area contributed by atoms with Gasteiger partial charge < -0.3 is 4.74 Å². The molecule has 0 fully saturated rings. The van der Waals surface area contributed by atoms with E-state index in [2.05, 4.69) is 10.4 Å². The van der Waals surface area contributed by atoms with E-state index in [9.17, 15) is 0 Å². The Balaban J connectivity index is 2.39. The summed E-state index contributed by atoms with van der Waals surface area (Å²) in [4.78, 5) is 4.30. The van der Waals surface area contributed by atoms with Crippen LogP contribution in [0.15, 0.2) is 42.6 Å². The van der Waals surface area contributed by atoms with Gasteiger partial charge in [-0.05, 0) is 25.1 Å². The summed E-state index contributed by atoms with van der Waals surface area (Å²) in [6.45, 7) is 2.55. The van der Waals surface area contributed by atoms with Crippen LogP contribution in [0.25, 0.3) is 0 Å². The normalized spacial score (nSPS) is 12.2. The van der Waals surface area contributed by atoms with E-state index in [1.807, 2.05) is 37.3 Å². The van der Waals surface area contributed by atoms with E-state index in [4.69, 9.17) is 22.2 Å². The van der Waals surface area contributed by atoms with Crippen molar-refractivity contribution in [3.8, 4) is 5.75 Å². The first kappa shape index (κ1) is 13.8. The predicted octanol–water partition coefficient (Wildman–Crippen LogP) is 2.69. The molecule has 0 radical (unpaired) electrons. The smallest absolute Gasteiger partial charge is 0.124 e. The zero-order valence-electron chi connectivity index (χ0n) is 10.6. The molecule has 0 saturated carbocycles. The number of nitrogens with two attached hydrogens (primary N) is 1. The van der Waals surface area contributed by atoms with Gasteiger partial charge in [0, 0.05) is 11.8 Å². The SMILES string of the molecule is CCOc1ccccc1C(NN)c1ccc(Cl)cn1. The second kappa shape index (κ2) is 6.52. The lowest BCUT2D eigenvalue weighted by atomic mass is 10.0. The quantitative estimate of drug-likeness (QED) is 0.652. The number of benzene rings is 1. The van der Waals surface area contributed by atoms with Crippen molar-refractivity contribution in [1.82, 2.24) is 10.4 Å². The fraction of sp³-hybridized carbons (Fsp3) is 0.214. The Morgan fingerprint density at radius 1 is 1.32 bits per heavy atom. The molecule has 1 aromatic carbocycles. The highest BCUT2D eigenvalue weighted by Gasteiger charge is 2.17. The van der Waals surface area contributed by atoms with Gasteiger partial charge in [0.15, 0.2) is 0 Å². The van der Waals surface area contributed by atoms with Gasteiger partial charge in [-0.15, -0.1) is 0 Å². The van der Waals surface area contributed by atoms with Gasteiger partial charge in [-0.2, -0.15) is 0 Å². The van der Waals surface area contributed by atoms with Crippen molar-refractivity contribution in [1.29, 1.82) is 0 Å². The summed E-state index contributed by atoms with van der Waals surface area (Å²) in [5.74, 6) is 6.46. The molecule has 1 heterocycles. The summed E-state index contributed by atoms with van der Waals surface area (Å²) in [6.07, 6.45) is 1.60. The van der Waals surface area contributed by atoms with Crippen molar-refractivity contribution in [2.24, 2.45) is 5.84 Å². The Bertz CT molecular complexity index is 530.